The Bertz CT molecular complexity index is 1170. The number of hydrogen-bond donors (Lipinski definition) is 0. The van der Waals surface area contributed by atoms with E-state index in [1.807, 2.05) is 30.3 Å². The number of carbonyl (C=O) groups is 1. The first-order chi connectivity index (χ1) is 14.5. The van der Waals surface area contributed by atoms with Crippen molar-refractivity contribution in [1.29, 1.82) is 5.26 Å². The number of nitriles is 1. The molecule has 9 heteroatoms. The molecule has 0 aliphatic carbocycles. The third kappa shape index (κ3) is 4.21. The van der Waals surface area contributed by atoms with E-state index in [1.54, 1.807) is 0 Å². The molecule has 3 aromatic rings. The van der Waals surface area contributed by atoms with Crippen molar-refractivity contribution < 1.29 is 17.9 Å². The Kier molecular flexibility index (Phi) is 5.81. The fraction of sp³-hybridized carbons (Fsp3) is 0.286. The minimum Gasteiger partial charge on any atom is -0.458 e. The van der Waals surface area contributed by atoms with Gasteiger partial charge in [0.25, 0.3) is 0 Å². The van der Waals surface area contributed by atoms with Gasteiger partial charge in [-0.2, -0.15) is 9.57 Å². The summed E-state index contributed by atoms with van der Waals surface area (Å²) < 4.78 is 33.4. The number of hydrogen-bond acceptors (Lipinski definition) is 7. The molecule has 0 bridgehead atoms. The fourth-order valence-electron chi connectivity index (χ4n) is 3.41. The van der Waals surface area contributed by atoms with Gasteiger partial charge in [0, 0.05) is 13.1 Å². The highest BCUT2D eigenvalue weighted by Gasteiger charge is 2.32. The second-order valence-electron chi connectivity index (χ2n) is 7.00. The number of nitrogens with zero attached hydrogens (tertiary/aromatic N) is 3. The van der Waals surface area contributed by atoms with Crippen molar-refractivity contribution in [2.45, 2.75) is 24.3 Å². The second kappa shape index (κ2) is 8.52. The molecule has 1 aliphatic heterocycles. The normalized spacial score (nSPS) is 15.7. The quantitative estimate of drug-likeness (QED) is 0.563. The topological polar surface area (TPSA) is 100 Å². The molecule has 4 rings (SSSR count). The summed E-state index contributed by atoms with van der Waals surface area (Å²) in [7, 11) is -3.64. The van der Waals surface area contributed by atoms with E-state index in [9.17, 15) is 13.2 Å². The Hall–Kier alpha value is -2.80. The predicted molar refractivity (Wildman–Crippen MR) is 112 cm³/mol. The van der Waals surface area contributed by atoms with Crippen molar-refractivity contribution in [3.8, 4) is 6.07 Å². The standard InChI is InChI=1S/C21H19N3O4S2/c22-13-15-5-7-17(8-6-15)30(26,27)24-11-9-16(10-12-24)21(25)28-14-20-23-18-3-1-2-4-19(18)29-20/h1-8,16H,9-12,14H2. The number of aromatic nitrogens is 1. The summed E-state index contributed by atoms with van der Waals surface area (Å²) in [6.45, 7) is 0.633. The maximum absolute atomic E-state index is 12.8. The van der Waals surface area contributed by atoms with Crippen LogP contribution < -0.4 is 0 Å². The van der Waals surface area contributed by atoms with E-state index in [0.29, 0.717) is 18.4 Å². The minimum absolute atomic E-state index is 0.127. The zero-order valence-corrected chi connectivity index (χ0v) is 17.7. The van der Waals surface area contributed by atoms with E-state index in [1.165, 1.54) is 39.9 Å². The molecule has 1 fully saturated rings. The summed E-state index contributed by atoms with van der Waals surface area (Å²) in [5.41, 5.74) is 1.29. The molecule has 0 spiro atoms. The third-order valence-corrected chi connectivity index (χ3v) is 8.01. The highest BCUT2D eigenvalue weighted by Crippen LogP contribution is 2.26. The molecule has 0 amide bonds. The average Bonchev–Trinajstić information content (AvgIpc) is 3.20. The Morgan fingerprint density at radius 1 is 1.17 bits per heavy atom. The van der Waals surface area contributed by atoms with Crippen molar-refractivity contribution in [1.82, 2.24) is 9.29 Å². The molecule has 2 heterocycles. The van der Waals surface area contributed by atoms with Crippen molar-refractivity contribution in [2.24, 2.45) is 5.92 Å². The van der Waals surface area contributed by atoms with Gasteiger partial charge >= 0.3 is 5.97 Å². The molecule has 2 aromatic carbocycles. The molecular weight excluding hydrogens is 422 g/mol. The van der Waals surface area contributed by atoms with Gasteiger partial charge in [-0.15, -0.1) is 11.3 Å². The van der Waals surface area contributed by atoms with Gasteiger partial charge in [0.2, 0.25) is 10.0 Å². The lowest BCUT2D eigenvalue weighted by atomic mass is 9.98. The zero-order valence-electron chi connectivity index (χ0n) is 16.0. The molecule has 0 N–H and O–H groups in total. The van der Waals surface area contributed by atoms with Crippen LogP contribution in [-0.4, -0.2) is 36.8 Å². The molecule has 7 nitrogen and oxygen atoms in total. The van der Waals surface area contributed by atoms with Crippen molar-refractivity contribution >= 4 is 37.5 Å². The first-order valence-corrected chi connectivity index (χ1v) is 11.7. The van der Waals surface area contributed by atoms with Crippen molar-refractivity contribution in [2.75, 3.05) is 13.1 Å². The lowest BCUT2D eigenvalue weighted by molar-refractivity contribution is -0.151. The van der Waals surface area contributed by atoms with Crippen LogP contribution in [0.1, 0.15) is 23.4 Å². The van der Waals surface area contributed by atoms with Crippen LogP contribution in [0.5, 0.6) is 0 Å². The van der Waals surface area contributed by atoms with Crippen LogP contribution in [0.15, 0.2) is 53.4 Å². The summed E-state index contributed by atoms with van der Waals surface area (Å²) in [6.07, 6.45) is 0.822. The van der Waals surface area contributed by atoms with Gasteiger partial charge in [-0.25, -0.2) is 13.4 Å². The number of ether oxygens (including phenoxy) is 1. The lowest BCUT2D eigenvalue weighted by Crippen LogP contribution is -2.40. The van der Waals surface area contributed by atoms with E-state index in [0.717, 1.165) is 15.2 Å². The number of thiazole rings is 1. The second-order valence-corrected chi connectivity index (χ2v) is 10.1. The summed E-state index contributed by atoms with van der Waals surface area (Å²) >= 11 is 1.49. The maximum Gasteiger partial charge on any atom is 0.309 e. The van der Waals surface area contributed by atoms with Crippen LogP contribution >= 0.6 is 11.3 Å². The average molecular weight is 442 g/mol. The monoisotopic (exact) mass is 441 g/mol. The van der Waals surface area contributed by atoms with Gasteiger partial charge in [0.1, 0.15) is 11.6 Å². The largest absolute Gasteiger partial charge is 0.458 e. The van der Waals surface area contributed by atoms with Gasteiger partial charge < -0.3 is 4.74 Å². The molecule has 0 saturated carbocycles. The predicted octanol–water partition coefficient (Wildman–Crippen LogP) is 3.31. The van der Waals surface area contributed by atoms with Crippen LogP contribution in [-0.2, 0) is 26.2 Å². The van der Waals surface area contributed by atoms with Crippen LogP contribution in [0, 0.1) is 17.2 Å². The summed E-state index contributed by atoms with van der Waals surface area (Å²) in [5.74, 6) is -0.642. The number of piperidine rings is 1. The summed E-state index contributed by atoms with van der Waals surface area (Å²) in [5, 5.41) is 9.60. The van der Waals surface area contributed by atoms with Gasteiger partial charge in [-0.05, 0) is 49.2 Å². The molecule has 1 saturated heterocycles. The molecule has 0 atom stereocenters. The minimum atomic E-state index is -3.64. The highest BCUT2D eigenvalue weighted by molar-refractivity contribution is 7.89. The zero-order chi connectivity index (χ0) is 21.1. The Balaban J connectivity index is 1.33. The van der Waals surface area contributed by atoms with Crippen molar-refractivity contribution in [3.63, 3.8) is 0 Å². The van der Waals surface area contributed by atoms with E-state index < -0.39 is 10.0 Å². The SMILES string of the molecule is N#Cc1ccc(S(=O)(=O)N2CCC(C(=O)OCc3nc4ccccc4s3)CC2)cc1. The van der Waals surface area contributed by atoms with Crippen LogP contribution in [0.25, 0.3) is 10.2 Å². The molecular formula is C21H19N3O4S2. The van der Waals surface area contributed by atoms with E-state index in [-0.39, 0.29) is 36.5 Å². The van der Waals surface area contributed by atoms with E-state index in [2.05, 4.69) is 4.98 Å². The molecule has 154 valence electrons. The Morgan fingerprint density at radius 3 is 2.53 bits per heavy atom. The first kappa shape index (κ1) is 20.5. The molecule has 1 aliphatic rings. The number of fused-ring (bicyclic) bond motifs is 1. The smallest absolute Gasteiger partial charge is 0.309 e. The van der Waals surface area contributed by atoms with E-state index in [4.69, 9.17) is 10.00 Å². The maximum atomic E-state index is 12.8. The van der Waals surface area contributed by atoms with E-state index >= 15 is 0 Å². The molecule has 1 aromatic heterocycles. The van der Waals surface area contributed by atoms with Crippen molar-refractivity contribution in [3.05, 3.63) is 59.1 Å². The van der Waals surface area contributed by atoms with Gasteiger partial charge in [-0.3, -0.25) is 4.79 Å². The summed E-state index contributed by atoms with van der Waals surface area (Å²) in [4.78, 5) is 17.0. The third-order valence-electron chi connectivity index (χ3n) is 5.08. The van der Waals surface area contributed by atoms with Crippen LogP contribution in [0.3, 0.4) is 0 Å². The first-order valence-electron chi connectivity index (χ1n) is 9.49. The molecule has 0 unspecified atom stereocenters. The number of benzene rings is 2. The number of sulfonamides is 1. The van der Waals surface area contributed by atoms with Crippen LogP contribution in [0.2, 0.25) is 0 Å². The van der Waals surface area contributed by atoms with Gasteiger partial charge in [-0.1, -0.05) is 12.1 Å². The Morgan fingerprint density at radius 2 is 1.87 bits per heavy atom. The number of para-hydroxylation sites is 1. The van der Waals surface area contributed by atoms with Crippen LogP contribution in [0.4, 0.5) is 0 Å². The van der Waals surface area contributed by atoms with Gasteiger partial charge in [0.15, 0.2) is 0 Å². The molecule has 30 heavy (non-hydrogen) atoms. The summed E-state index contributed by atoms with van der Waals surface area (Å²) in [6, 6.07) is 15.6. The lowest BCUT2D eigenvalue weighted by Gasteiger charge is -2.30. The number of rotatable bonds is 5. The van der Waals surface area contributed by atoms with Gasteiger partial charge in [0.05, 0.1) is 32.7 Å². The number of esters is 1. The Labute approximate surface area is 178 Å². The molecule has 0 radical (unpaired) electrons. The number of carbonyl (C=O) groups excluding carboxylic acids is 1. The highest BCUT2D eigenvalue weighted by atomic mass is 32.2. The fourth-order valence-corrected chi connectivity index (χ4v) is 5.77.